The number of aromatic hydroxyl groups is 1. The Morgan fingerprint density at radius 1 is 0.909 bits per heavy atom. The number of hydrogen-bond donors (Lipinski definition) is 1. The van der Waals surface area contributed by atoms with Gasteiger partial charge in [-0.2, -0.15) is 0 Å². The molecule has 0 atom stereocenters. The van der Waals surface area contributed by atoms with Crippen molar-refractivity contribution in [3.05, 3.63) is 66.7 Å². The average Bonchev–Trinajstić information content (AvgIpc) is 2.55. The van der Waals surface area contributed by atoms with Gasteiger partial charge in [0.2, 0.25) is 0 Å². The minimum absolute atomic E-state index is 0.186. The second-order valence-corrected chi connectivity index (χ2v) is 5.60. The molecule has 3 aromatic rings. The Morgan fingerprint density at radius 2 is 1.68 bits per heavy atom. The minimum Gasteiger partial charge on any atom is -0.506 e. The number of nitrogens with zero attached hydrogens (tertiary/aromatic N) is 2. The van der Waals surface area contributed by atoms with Crippen molar-refractivity contribution in [3.63, 3.8) is 0 Å². The minimum atomic E-state index is 0.186. The van der Waals surface area contributed by atoms with E-state index in [4.69, 9.17) is 0 Å². The molecule has 110 valence electrons. The highest BCUT2D eigenvalue weighted by atomic mass is 16.3. The zero-order valence-corrected chi connectivity index (χ0v) is 12.7. The van der Waals surface area contributed by atoms with Gasteiger partial charge in [0, 0.05) is 23.5 Å². The molecule has 0 fully saturated rings. The summed E-state index contributed by atoms with van der Waals surface area (Å²) >= 11 is 0. The van der Waals surface area contributed by atoms with Gasteiger partial charge < -0.3 is 5.11 Å². The molecular weight excluding hydrogens is 272 g/mol. The zero-order chi connectivity index (χ0) is 15.5. The first-order valence-corrected chi connectivity index (χ1v) is 7.35. The molecule has 3 nitrogen and oxygen atoms in total. The number of hydrogen-bond acceptors (Lipinski definition) is 3. The highest BCUT2D eigenvalue weighted by Crippen LogP contribution is 2.32. The molecular formula is C19H18N2O. The number of aromatic nitrogens is 2. The van der Waals surface area contributed by atoms with Gasteiger partial charge in [-0.3, -0.25) is 9.97 Å². The second kappa shape index (κ2) is 5.98. The van der Waals surface area contributed by atoms with E-state index >= 15 is 0 Å². The maximum Gasteiger partial charge on any atom is 0.134 e. The molecule has 0 aliphatic carbocycles. The Morgan fingerprint density at radius 3 is 2.41 bits per heavy atom. The van der Waals surface area contributed by atoms with Gasteiger partial charge in [-0.25, -0.2) is 0 Å². The lowest BCUT2D eigenvalue weighted by Gasteiger charge is -2.13. The molecule has 0 radical (unpaired) electrons. The van der Waals surface area contributed by atoms with Crippen LogP contribution in [0.25, 0.3) is 22.3 Å². The molecule has 0 unspecified atom stereocenters. The first-order valence-electron chi connectivity index (χ1n) is 7.35. The van der Waals surface area contributed by atoms with Crippen molar-refractivity contribution in [1.82, 2.24) is 9.97 Å². The first kappa shape index (κ1) is 14.3. The summed E-state index contributed by atoms with van der Waals surface area (Å²) in [4.78, 5) is 8.57. The van der Waals surface area contributed by atoms with Crippen molar-refractivity contribution >= 4 is 0 Å². The van der Waals surface area contributed by atoms with Gasteiger partial charge in [0.15, 0.2) is 0 Å². The monoisotopic (exact) mass is 290 g/mol. The predicted molar refractivity (Wildman–Crippen MR) is 88.7 cm³/mol. The standard InChI is InChI=1S/C19H18N2O/c1-13(2)19-18(10-17(22)12-21-19)15-6-3-5-14(9-15)16-7-4-8-20-11-16/h3-13,22H,1-2H3. The Labute approximate surface area is 130 Å². The Bertz CT molecular complexity index is 782. The van der Waals surface area contributed by atoms with Gasteiger partial charge in [-0.05, 0) is 35.2 Å². The molecule has 2 aromatic heterocycles. The van der Waals surface area contributed by atoms with Gasteiger partial charge in [-0.15, -0.1) is 0 Å². The van der Waals surface area contributed by atoms with E-state index in [0.717, 1.165) is 27.9 Å². The van der Waals surface area contributed by atoms with E-state index < -0.39 is 0 Å². The molecule has 0 aliphatic heterocycles. The zero-order valence-electron chi connectivity index (χ0n) is 12.7. The van der Waals surface area contributed by atoms with Crippen molar-refractivity contribution in [2.24, 2.45) is 0 Å². The van der Waals surface area contributed by atoms with Crippen LogP contribution in [-0.4, -0.2) is 15.1 Å². The quantitative estimate of drug-likeness (QED) is 0.764. The molecule has 1 aromatic carbocycles. The highest BCUT2D eigenvalue weighted by molar-refractivity contribution is 5.74. The number of pyridine rings is 2. The lowest BCUT2D eigenvalue weighted by atomic mass is 9.95. The summed E-state index contributed by atoms with van der Waals surface area (Å²) in [6, 6.07) is 14.0. The topological polar surface area (TPSA) is 46.0 Å². The van der Waals surface area contributed by atoms with Crippen LogP contribution in [0.1, 0.15) is 25.5 Å². The summed E-state index contributed by atoms with van der Waals surface area (Å²) in [5, 5.41) is 9.79. The molecule has 0 saturated heterocycles. The van der Waals surface area contributed by atoms with E-state index in [1.807, 2.05) is 30.5 Å². The third-order valence-corrected chi connectivity index (χ3v) is 3.62. The highest BCUT2D eigenvalue weighted by Gasteiger charge is 2.12. The Hall–Kier alpha value is -2.68. The molecule has 0 bridgehead atoms. The van der Waals surface area contributed by atoms with Gasteiger partial charge in [-0.1, -0.05) is 38.1 Å². The molecule has 0 saturated carbocycles. The summed E-state index contributed by atoms with van der Waals surface area (Å²) < 4.78 is 0. The number of benzene rings is 1. The smallest absolute Gasteiger partial charge is 0.134 e. The van der Waals surface area contributed by atoms with Crippen molar-refractivity contribution in [2.45, 2.75) is 19.8 Å². The van der Waals surface area contributed by atoms with Crippen LogP contribution in [-0.2, 0) is 0 Å². The largest absolute Gasteiger partial charge is 0.506 e. The Balaban J connectivity index is 2.12. The molecule has 22 heavy (non-hydrogen) atoms. The second-order valence-electron chi connectivity index (χ2n) is 5.60. The van der Waals surface area contributed by atoms with Gasteiger partial charge >= 0.3 is 0 Å². The first-order chi connectivity index (χ1) is 10.6. The number of rotatable bonds is 3. The average molecular weight is 290 g/mol. The molecule has 0 amide bonds. The molecule has 3 rings (SSSR count). The van der Waals surface area contributed by atoms with E-state index in [-0.39, 0.29) is 11.7 Å². The van der Waals surface area contributed by atoms with Gasteiger partial charge in [0.1, 0.15) is 5.75 Å². The SMILES string of the molecule is CC(C)c1ncc(O)cc1-c1cccc(-c2cccnc2)c1. The van der Waals surface area contributed by atoms with E-state index in [1.165, 1.54) is 6.20 Å². The van der Waals surface area contributed by atoms with Crippen LogP contribution >= 0.6 is 0 Å². The van der Waals surface area contributed by atoms with E-state index in [9.17, 15) is 5.11 Å². The van der Waals surface area contributed by atoms with Crippen LogP contribution in [0, 0.1) is 0 Å². The fourth-order valence-electron chi connectivity index (χ4n) is 2.56. The normalized spacial score (nSPS) is 10.9. The summed E-state index contributed by atoms with van der Waals surface area (Å²) in [6.45, 7) is 4.21. The van der Waals surface area contributed by atoms with E-state index in [1.54, 1.807) is 12.3 Å². The maximum absolute atomic E-state index is 9.79. The van der Waals surface area contributed by atoms with Crippen LogP contribution < -0.4 is 0 Å². The van der Waals surface area contributed by atoms with Gasteiger partial charge in [0.25, 0.3) is 0 Å². The predicted octanol–water partition coefficient (Wildman–Crippen LogP) is 4.64. The summed E-state index contributed by atoms with van der Waals surface area (Å²) in [5.41, 5.74) is 5.18. The molecule has 3 heteroatoms. The van der Waals surface area contributed by atoms with Gasteiger partial charge in [0.05, 0.1) is 11.9 Å². The van der Waals surface area contributed by atoms with Crippen molar-refractivity contribution < 1.29 is 5.11 Å². The summed E-state index contributed by atoms with van der Waals surface area (Å²) in [6.07, 6.45) is 5.12. The third kappa shape index (κ3) is 2.84. The van der Waals surface area contributed by atoms with Crippen molar-refractivity contribution in [1.29, 1.82) is 0 Å². The molecule has 0 aliphatic rings. The Kier molecular flexibility index (Phi) is 3.88. The fraction of sp³-hybridized carbons (Fsp3) is 0.158. The summed E-state index contributed by atoms with van der Waals surface area (Å²) in [5.74, 6) is 0.476. The van der Waals surface area contributed by atoms with Crippen molar-refractivity contribution in [3.8, 4) is 28.0 Å². The van der Waals surface area contributed by atoms with Crippen LogP contribution in [0.15, 0.2) is 61.1 Å². The maximum atomic E-state index is 9.79. The van der Waals surface area contributed by atoms with Crippen LogP contribution in [0.5, 0.6) is 5.75 Å². The lowest BCUT2D eigenvalue weighted by Crippen LogP contribution is -1.96. The molecule has 1 N–H and O–H groups in total. The molecule has 2 heterocycles. The third-order valence-electron chi connectivity index (χ3n) is 3.62. The summed E-state index contributed by atoms with van der Waals surface area (Å²) in [7, 11) is 0. The van der Waals surface area contributed by atoms with Crippen LogP contribution in [0.2, 0.25) is 0 Å². The van der Waals surface area contributed by atoms with Crippen LogP contribution in [0.3, 0.4) is 0 Å². The van der Waals surface area contributed by atoms with Crippen LogP contribution in [0.4, 0.5) is 0 Å². The fourth-order valence-corrected chi connectivity index (χ4v) is 2.56. The van der Waals surface area contributed by atoms with E-state index in [0.29, 0.717) is 0 Å². The van der Waals surface area contributed by atoms with E-state index in [2.05, 4.69) is 35.9 Å². The molecule has 0 spiro atoms. The van der Waals surface area contributed by atoms with Crippen molar-refractivity contribution in [2.75, 3.05) is 0 Å². The lowest BCUT2D eigenvalue weighted by molar-refractivity contribution is 0.472.